The van der Waals surface area contributed by atoms with Crippen molar-refractivity contribution in [1.29, 1.82) is 0 Å². The van der Waals surface area contributed by atoms with E-state index in [9.17, 15) is 23.4 Å². The summed E-state index contributed by atoms with van der Waals surface area (Å²) >= 11 is 3.75. The molecule has 8 heteroatoms. The third kappa shape index (κ3) is 3.27. The van der Waals surface area contributed by atoms with Crippen LogP contribution < -0.4 is 4.74 Å². The van der Waals surface area contributed by atoms with E-state index < -0.39 is 29.8 Å². The fourth-order valence-corrected chi connectivity index (χ4v) is 1.52. The second kappa shape index (κ2) is 5.77. The summed E-state index contributed by atoms with van der Waals surface area (Å²) < 4.78 is 42.6. The average molecular weight is 283 g/mol. The molecule has 0 aliphatic rings. The van der Waals surface area contributed by atoms with Crippen molar-refractivity contribution in [2.75, 3.05) is 12.9 Å². The van der Waals surface area contributed by atoms with Crippen molar-refractivity contribution in [3.05, 3.63) is 23.4 Å². The van der Waals surface area contributed by atoms with Crippen LogP contribution in [0.1, 0.15) is 17.2 Å². The van der Waals surface area contributed by atoms with Gasteiger partial charge in [0.1, 0.15) is 11.7 Å². The highest BCUT2D eigenvalue weighted by Crippen LogP contribution is 2.36. The molecule has 1 heterocycles. The van der Waals surface area contributed by atoms with Gasteiger partial charge in [0, 0.05) is 17.5 Å². The molecule has 0 aromatic carbocycles. The minimum absolute atomic E-state index is 0.0887. The highest BCUT2D eigenvalue weighted by atomic mass is 32.1. The van der Waals surface area contributed by atoms with Crippen LogP contribution in [0.3, 0.4) is 0 Å². The van der Waals surface area contributed by atoms with Crippen molar-refractivity contribution in [3.8, 4) is 5.88 Å². The maximum atomic E-state index is 12.7. The number of hydrogen-bond acceptors (Lipinski definition) is 5. The molecule has 18 heavy (non-hydrogen) atoms. The lowest BCUT2D eigenvalue weighted by molar-refractivity contribution is -0.139. The Balaban J connectivity index is 3.18. The highest BCUT2D eigenvalue weighted by molar-refractivity contribution is 7.80. The molecule has 2 unspecified atom stereocenters. The topological polar surface area (TPSA) is 62.6 Å². The van der Waals surface area contributed by atoms with Crippen molar-refractivity contribution in [2.24, 2.45) is 0 Å². The van der Waals surface area contributed by atoms with Gasteiger partial charge >= 0.3 is 6.18 Å². The summed E-state index contributed by atoms with van der Waals surface area (Å²) in [5.41, 5.74) is -1.25. The molecule has 2 N–H and O–H groups in total. The van der Waals surface area contributed by atoms with Crippen molar-refractivity contribution in [3.63, 3.8) is 0 Å². The third-order valence-corrected chi connectivity index (χ3v) is 2.64. The maximum Gasteiger partial charge on any atom is 0.421 e. The summed E-state index contributed by atoms with van der Waals surface area (Å²) in [7, 11) is 1.07. The number of alkyl halides is 3. The Morgan fingerprint density at radius 3 is 2.50 bits per heavy atom. The molecule has 0 aliphatic carbocycles. The summed E-state index contributed by atoms with van der Waals surface area (Å²) in [4.78, 5) is 3.46. The van der Waals surface area contributed by atoms with Crippen LogP contribution in [0, 0.1) is 0 Å². The summed E-state index contributed by atoms with van der Waals surface area (Å²) in [5.74, 6) is -0.673. The molecule has 0 amide bonds. The summed E-state index contributed by atoms with van der Waals surface area (Å²) in [6.45, 7) is 0. The van der Waals surface area contributed by atoms with E-state index in [-0.39, 0.29) is 11.3 Å². The smallest absolute Gasteiger partial charge is 0.421 e. The maximum absolute atomic E-state index is 12.7. The molecule has 1 aromatic rings. The number of halogens is 3. The van der Waals surface area contributed by atoms with Crippen LogP contribution in [0.15, 0.2) is 12.3 Å². The van der Waals surface area contributed by atoms with Crippen LogP contribution in [0.5, 0.6) is 5.88 Å². The zero-order valence-corrected chi connectivity index (χ0v) is 10.2. The monoisotopic (exact) mass is 283 g/mol. The van der Waals surface area contributed by atoms with Gasteiger partial charge in [0.2, 0.25) is 5.88 Å². The van der Waals surface area contributed by atoms with Crippen LogP contribution in [0.4, 0.5) is 13.2 Å². The van der Waals surface area contributed by atoms with Gasteiger partial charge in [-0.05, 0) is 6.07 Å². The minimum Gasteiger partial charge on any atom is -0.481 e. The van der Waals surface area contributed by atoms with E-state index in [0.717, 1.165) is 13.3 Å². The molecule has 0 spiro atoms. The van der Waals surface area contributed by atoms with Crippen LogP contribution in [0.2, 0.25) is 0 Å². The Kier molecular flexibility index (Phi) is 4.83. The van der Waals surface area contributed by atoms with Crippen molar-refractivity contribution in [2.45, 2.75) is 18.4 Å². The predicted octanol–water partition coefficient (Wildman–Crippen LogP) is 1.43. The van der Waals surface area contributed by atoms with E-state index in [1.165, 1.54) is 0 Å². The van der Waals surface area contributed by atoms with E-state index in [0.29, 0.717) is 6.07 Å². The summed E-state index contributed by atoms with van der Waals surface area (Å²) in [6.07, 6.45) is -6.39. The molecule has 2 atom stereocenters. The number of hydrogen-bond donors (Lipinski definition) is 3. The zero-order chi connectivity index (χ0) is 13.9. The first-order valence-corrected chi connectivity index (χ1v) is 5.52. The number of rotatable bonds is 4. The Bertz CT molecular complexity index is 414. The number of aliphatic hydroxyl groups is 2. The number of nitrogens with zero attached hydrogens (tertiary/aromatic N) is 1. The van der Waals surface area contributed by atoms with Crippen LogP contribution >= 0.6 is 12.6 Å². The molecule has 1 rings (SSSR count). The number of aromatic nitrogens is 1. The van der Waals surface area contributed by atoms with Gasteiger partial charge in [-0.25, -0.2) is 4.98 Å². The number of methoxy groups -OCH3 is 1. The lowest BCUT2D eigenvalue weighted by Gasteiger charge is -2.18. The quantitative estimate of drug-likeness (QED) is 0.732. The van der Waals surface area contributed by atoms with Gasteiger partial charge in [0.25, 0.3) is 0 Å². The molecule has 0 radical (unpaired) electrons. The van der Waals surface area contributed by atoms with Gasteiger partial charge in [-0.2, -0.15) is 25.8 Å². The Labute approximate surface area is 107 Å². The molecule has 0 aliphatic heterocycles. The second-order valence-electron chi connectivity index (χ2n) is 3.52. The predicted molar refractivity (Wildman–Crippen MR) is 60.6 cm³/mol. The largest absolute Gasteiger partial charge is 0.481 e. The van der Waals surface area contributed by atoms with Gasteiger partial charge in [-0.3, -0.25) is 0 Å². The SMILES string of the molecule is COc1ncc(C(O)C(O)CS)cc1C(F)(F)F. The standard InChI is InChI=1S/C10H12F3NO3S/c1-17-9-6(10(11,12)13)2-5(3-14-9)8(16)7(15)4-18/h2-3,7-8,15-16,18H,4H2,1H3. The van der Waals surface area contributed by atoms with Crippen LogP contribution in [-0.4, -0.2) is 34.2 Å². The molecular formula is C10H12F3NO3S. The first kappa shape index (κ1) is 15.1. The summed E-state index contributed by atoms with van der Waals surface area (Å²) in [5, 5.41) is 18.9. The van der Waals surface area contributed by atoms with Crippen LogP contribution in [0.25, 0.3) is 0 Å². The summed E-state index contributed by atoms with van der Waals surface area (Å²) in [6, 6.07) is 0.698. The minimum atomic E-state index is -4.65. The van der Waals surface area contributed by atoms with Crippen LogP contribution in [-0.2, 0) is 6.18 Å². The third-order valence-electron chi connectivity index (χ3n) is 2.26. The fraction of sp³-hybridized carbons (Fsp3) is 0.500. The average Bonchev–Trinajstić information content (AvgIpc) is 2.35. The first-order chi connectivity index (χ1) is 8.31. The number of pyridine rings is 1. The van der Waals surface area contributed by atoms with Crippen molar-refractivity contribution >= 4 is 12.6 Å². The molecule has 1 aromatic heterocycles. The number of ether oxygens (including phenoxy) is 1. The Morgan fingerprint density at radius 1 is 1.44 bits per heavy atom. The Hall–Kier alpha value is -0.990. The van der Waals surface area contributed by atoms with E-state index >= 15 is 0 Å². The molecule has 102 valence electrons. The fourth-order valence-electron chi connectivity index (χ4n) is 1.32. The zero-order valence-electron chi connectivity index (χ0n) is 9.35. The normalized spacial score (nSPS) is 15.3. The van der Waals surface area contributed by atoms with E-state index in [4.69, 9.17) is 0 Å². The van der Waals surface area contributed by atoms with E-state index in [2.05, 4.69) is 22.3 Å². The number of thiol groups is 1. The molecule has 0 fully saturated rings. The second-order valence-corrected chi connectivity index (χ2v) is 3.88. The molecule has 0 bridgehead atoms. The highest BCUT2D eigenvalue weighted by Gasteiger charge is 2.36. The molecule has 0 saturated heterocycles. The van der Waals surface area contributed by atoms with Gasteiger partial charge in [0.05, 0.1) is 13.2 Å². The lowest BCUT2D eigenvalue weighted by atomic mass is 10.1. The van der Waals surface area contributed by atoms with Gasteiger partial charge in [-0.1, -0.05) is 0 Å². The van der Waals surface area contributed by atoms with Crippen molar-refractivity contribution in [1.82, 2.24) is 4.98 Å². The van der Waals surface area contributed by atoms with Gasteiger partial charge < -0.3 is 14.9 Å². The lowest BCUT2D eigenvalue weighted by Crippen LogP contribution is -2.21. The van der Waals surface area contributed by atoms with E-state index in [1.807, 2.05) is 0 Å². The Morgan fingerprint density at radius 2 is 2.06 bits per heavy atom. The van der Waals surface area contributed by atoms with Gasteiger partial charge in [0.15, 0.2) is 0 Å². The van der Waals surface area contributed by atoms with E-state index in [1.54, 1.807) is 0 Å². The number of aliphatic hydroxyl groups excluding tert-OH is 2. The first-order valence-electron chi connectivity index (χ1n) is 4.89. The molecule has 0 saturated carbocycles. The molecule has 4 nitrogen and oxygen atoms in total. The van der Waals surface area contributed by atoms with Gasteiger partial charge in [-0.15, -0.1) is 0 Å². The van der Waals surface area contributed by atoms with Crippen molar-refractivity contribution < 1.29 is 28.1 Å². The molecular weight excluding hydrogens is 271 g/mol.